The zero-order valence-corrected chi connectivity index (χ0v) is 7.47. The van der Waals surface area contributed by atoms with Crippen molar-refractivity contribution in [1.29, 1.82) is 0 Å². The second-order valence-corrected chi connectivity index (χ2v) is 3.08. The van der Waals surface area contributed by atoms with E-state index in [1.54, 1.807) is 18.2 Å². The van der Waals surface area contributed by atoms with Gasteiger partial charge >= 0.3 is 5.97 Å². The number of benzene rings is 1. The summed E-state index contributed by atoms with van der Waals surface area (Å²) >= 11 is 5.74. The van der Waals surface area contributed by atoms with E-state index in [2.05, 4.69) is 6.92 Å². The Morgan fingerprint density at radius 2 is 2.15 bits per heavy atom. The molecule has 0 spiro atoms. The number of esters is 1. The van der Waals surface area contributed by atoms with Gasteiger partial charge in [-0.2, -0.15) is 0 Å². The van der Waals surface area contributed by atoms with E-state index in [0.717, 1.165) is 5.56 Å². The van der Waals surface area contributed by atoms with Gasteiger partial charge in [-0.15, -0.1) is 0 Å². The summed E-state index contributed by atoms with van der Waals surface area (Å²) in [7, 11) is 0. The molecule has 0 saturated heterocycles. The van der Waals surface area contributed by atoms with Crippen LogP contribution in [-0.2, 0) is 4.74 Å². The van der Waals surface area contributed by atoms with E-state index in [-0.39, 0.29) is 5.97 Å². The van der Waals surface area contributed by atoms with Crippen molar-refractivity contribution in [1.82, 2.24) is 0 Å². The third-order valence-electron chi connectivity index (χ3n) is 1.86. The van der Waals surface area contributed by atoms with Gasteiger partial charge in [0.05, 0.1) is 5.56 Å². The number of carbonyl (C=O) groups is 1. The molecule has 1 radical (unpaired) electrons. The zero-order chi connectivity index (χ0) is 9.42. The van der Waals surface area contributed by atoms with Crippen LogP contribution in [0.3, 0.4) is 0 Å². The lowest BCUT2D eigenvalue weighted by Crippen LogP contribution is -1.92. The van der Waals surface area contributed by atoms with Crippen molar-refractivity contribution < 1.29 is 9.53 Å². The number of halogens is 1. The van der Waals surface area contributed by atoms with E-state index in [0.29, 0.717) is 16.3 Å². The number of fused-ring (bicyclic) bond motifs is 1. The second kappa shape index (κ2) is 2.89. The lowest BCUT2D eigenvalue weighted by atomic mass is 10.1. The average molecular weight is 194 g/mol. The van der Waals surface area contributed by atoms with Crippen LogP contribution in [0.4, 0.5) is 0 Å². The molecule has 0 aromatic heterocycles. The third kappa shape index (κ3) is 1.23. The fourth-order valence-electron chi connectivity index (χ4n) is 1.26. The Bertz CT molecular complexity index is 407. The number of ether oxygens (including phenoxy) is 1. The average Bonchev–Trinajstić information content (AvgIpc) is 2.43. The van der Waals surface area contributed by atoms with Crippen LogP contribution >= 0.6 is 11.6 Å². The van der Waals surface area contributed by atoms with E-state index in [4.69, 9.17) is 16.3 Å². The molecule has 1 aliphatic heterocycles. The monoisotopic (exact) mass is 193 g/mol. The molecule has 0 amide bonds. The molecule has 2 rings (SSSR count). The van der Waals surface area contributed by atoms with Crippen LogP contribution in [0.1, 0.15) is 15.9 Å². The summed E-state index contributed by atoms with van der Waals surface area (Å²) in [5.41, 5.74) is 1.26. The van der Waals surface area contributed by atoms with Gasteiger partial charge in [0, 0.05) is 10.6 Å². The van der Waals surface area contributed by atoms with Crippen LogP contribution in [0.2, 0.25) is 5.02 Å². The topological polar surface area (TPSA) is 26.3 Å². The molecule has 0 aliphatic carbocycles. The van der Waals surface area contributed by atoms with Gasteiger partial charge in [-0.25, -0.2) is 4.79 Å². The fourth-order valence-corrected chi connectivity index (χ4v) is 1.43. The lowest BCUT2D eigenvalue weighted by Gasteiger charge is -1.95. The Balaban J connectivity index is 2.65. The molecule has 0 fully saturated rings. The maximum Gasteiger partial charge on any atom is 0.344 e. The summed E-state index contributed by atoms with van der Waals surface area (Å²) in [4.78, 5) is 11.2. The molecule has 0 unspecified atom stereocenters. The molecule has 1 aromatic rings. The smallest absolute Gasteiger partial charge is 0.344 e. The maximum atomic E-state index is 11.2. The van der Waals surface area contributed by atoms with Crippen molar-refractivity contribution in [2.45, 2.75) is 0 Å². The summed E-state index contributed by atoms with van der Waals surface area (Å²) in [6.45, 7) is 3.55. The first kappa shape index (κ1) is 8.32. The summed E-state index contributed by atoms with van der Waals surface area (Å²) in [5, 5.41) is 0.529. The summed E-state index contributed by atoms with van der Waals surface area (Å²) in [6.07, 6.45) is 1.51. The van der Waals surface area contributed by atoms with Crippen molar-refractivity contribution in [3.8, 4) is 0 Å². The van der Waals surface area contributed by atoms with Crippen molar-refractivity contribution in [3.63, 3.8) is 0 Å². The minimum atomic E-state index is -0.368. The highest BCUT2D eigenvalue weighted by Gasteiger charge is 2.25. The van der Waals surface area contributed by atoms with Gasteiger partial charge in [0.2, 0.25) is 0 Å². The first-order valence-electron chi connectivity index (χ1n) is 3.74. The molecule has 0 saturated carbocycles. The number of cyclic esters (lactones) is 1. The number of rotatable bonds is 0. The molecule has 65 valence electrons. The Hall–Kier alpha value is -1.28. The molecular formula is C10H6ClO2. The molecule has 2 nitrogen and oxygen atoms in total. The van der Waals surface area contributed by atoms with Crippen molar-refractivity contribution in [2.75, 3.05) is 0 Å². The Labute approximate surface area is 80.8 Å². The largest absolute Gasteiger partial charge is 0.423 e. The number of allylic oxidation sites excluding steroid dienone is 1. The Morgan fingerprint density at radius 1 is 1.38 bits per heavy atom. The quantitative estimate of drug-likeness (QED) is 0.593. The van der Waals surface area contributed by atoms with Crippen molar-refractivity contribution in [3.05, 3.63) is 47.3 Å². The fraction of sp³-hybridized carbons (Fsp3) is 0. The molecule has 13 heavy (non-hydrogen) atoms. The second-order valence-electron chi connectivity index (χ2n) is 2.65. The summed E-state index contributed by atoms with van der Waals surface area (Å²) in [6, 6.07) is 5.06. The minimum absolute atomic E-state index is 0.368. The highest BCUT2D eigenvalue weighted by atomic mass is 35.5. The molecule has 0 atom stereocenters. The molecular weight excluding hydrogens is 188 g/mol. The number of carbonyl (C=O) groups excluding carboxylic acids is 1. The minimum Gasteiger partial charge on any atom is -0.423 e. The van der Waals surface area contributed by atoms with Crippen LogP contribution in [-0.4, -0.2) is 5.97 Å². The third-order valence-corrected chi connectivity index (χ3v) is 2.09. The van der Waals surface area contributed by atoms with Gasteiger partial charge in [-0.1, -0.05) is 11.6 Å². The Kier molecular flexibility index (Phi) is 1.85. The molecule has 1 aromatic carbocycles. The first-order chi connectivity index (χ1) is 6.22. The maximum absolute atomic E-state index is 11.2. The number of hydrogen-bond acceptors (Lipinski definition) is 2. The first-order valence-corrected chi connectivity index (χ1v) is 4.11. The highest BCUT2D eigenvalue weighted by Crippen LogP contribution is 2.31. The van der Waals surface area contributed by atoms with E-state index in [9.17, 15) is 4.79 Å². The van der Waals surface area contributed by atoms with Crippen LogP contribution in [0, 0.1) is 6.92 Å². The Morgan fingerprint density at radius 3 is 2.85 bits per heavy atom. The van der Waals surface area contributed by atoms with Crippen LogP contribution in [0.5, 0.6) is 0 Å². The zero-order valence-electron chi connectivity index (χ0n) is 6.71. The van der Waals surface area contributed by atoms with Gasteiger partial charge in [0.15, 0.2) is 0 Å². The van der Waals surface area contributed by atoms with Crippen molar-refractivity contribution >= 4 is 23.3 Å². The van der Waals surface area contributed by atoms with Gasteiger partial charge in [0.1, 0.15) is 5.76 Å². The molecule has 3 heteroatoms. The van der Waals surface area contributed by atoms with Gasteiger partial charge in [-0.05, 0) is 31.2 Å². The highest BCUT2D eigenvalue weighted by molar-refractivity contribution is 6.31. The normalized spacial score (nSPS) is 17.4. The number of hydrogen-bond donors (Lipinski definition) is 0. The van der Waals surface area contributed by atoms with E-state index in [1.165, 1.54) is 6.08 Å². The van der Waals surface area contributed by atoms with E-state index >= 15 is 0 Å². The SMILES string of the molecule is [CH2]/C=C1\OC(=O)c2cc(Cl)ccc21. The predicted octanol–water partition coefficient (Wildman–Crippen LogP) is 2.69. The molecule has 0 N–H and O–H groups in total. The van der Waals surface area contributed by atoms with Crippen LogP contribution in [0.25, 0.3) is 5.76 Å². The van der Waals surface area contributed by atoms with Gasteiger partial charge < -0.3 is 4.74 Å². The van der Waals surface area contributed by atoms with Gasteiger partial charge in [0.25, 0.3) is 0 Å². The summed E-state index contributed by atoms with van der Waals surface area (Å²) in [5.74, 6) is 0.129. The lowest BCUT2D eigenvalue weighted by molar-refractivity contribution is 0.0716. The van der Waals surface area contributed by atoms with Crippen molar-refractivity contribution in [2.24, 2.45) is 0 Å². The summed E-state index contributed by atoms with van der Waals surface area (Å²) < 4.78 is 4.94. The molecule has 0 bridgehead atoms. The van der Waals surface area contributed by atoms with Crippen LogP contribution in [0.15, 0.2) is 24.3 Å². The van der Waals surface area contributed by atoms with E-state index in [1.807, 2.05) is 0 Å². The van der Waals surface area contributed by atoms with E-state index < -0.39 is 0 Å². The molecule has 1 heterocycles. The molecule has 1 aliphatic rings. The van der Waals surface area contributed by atoms with Gasteiger partial charge in [-0.3, -0.25) is 0 Å². The standard InChI is InChI=1S/C10H6ClO2/c1-2-9-7-4-3-6(11)5-8(7)10(12)13-9/h2-5H,1H2/b9-2-. The van der Waals surface area contributed by atoms with Crippen LogP contribution < -0.4 is 0 Å². The predicted molar refractivity (Wildman–Crippen MR) is 50.2 cm³/mol.